The zero-order valence-electron chi connectivity index (χ0n) is 14.9. The summed E-state index contributed by atoms with van der Waals surface area (Å²) in [5, 5.41) is 8.98. The van der Waals surface area contributed by atoms with E-state index in [2.05, 4.69) is 31.9 Å². The molecule has 3 amide bonds. The van der Waals surface area contributed by atoms with E-state index in [0.29, 0.717) is 6.54 Å². The SMILES string of the molecule is O=C(CCNC(=O)NC12CC3CC(CC(C3)C1)C2)Nc1cccc(Br)c1. The minimum atomic E-state index is -0.123. The lowest BCUT2D eigenvalue weighted by atomic mass is 9.53. The van der Waals surface area contributed by atoms with E-state index >= 15 is 0 Å². The molecule has 3 N–H and O–H groups in total. The van der Waals surface area contributed by atoms with Crippen molar-refractivity contribution in [2.45, 2.75) is 50.5 Å². The number of hydrogen-bond acceptors (Lipinski definition) is 2. The number of nitrogens with one attached hydrogen (secondary N) is 3. The van der Waals surface area contributed by atoms with Gasteiger partial charge in [-0.2, -0.15) is 0 Å². The van der Waals surface area contributed by atoms with Crippen LogP contribution in [0.1, 0.15) is 44.9 Å². The lowest BCUT2D eigenvalue weighted by Crippen LogP contribution is -2.61. The predicted molar refractivity (Wildman–Crippen MR) is 105 cm³/mol. The van der Waals surface area contributed by atoms with Gasteiger partial charge in [-0.1, -0.05) is 22.0 Å². The molecule has 4 aliphatic rings. The highest BCUT2D eigenvalue weighted by molar-refractivity contribution is 9.10. The minimum Gasteiger partial charge on any atom is -0.338 e. The molecule has 4 fully saturated rings. The van der Waals surface area contributed by atoms with Gasteiger partial charge in [0.25, 0.3) is 0 Å². The fourth-order valence-electron chi connectivity index (χ4n) is 5.63. The first-order chi connectivity index (χ1) is 12.5. The Bertz CT molecular complexity index is 671. The Balaban J connectivity index is 1.21. The number of halogens is 1. The maximum Gasteiger partial charge on any atom is 0.315 e. The second kappa shape index (κ2) is 7.22. The summed E-state index contributed by atoms with van der Waals surface area (Å²) >= 11 is 3.38. The number of carbonyl (C=O) groups excluding carboxylic acids is 2. The molecule has 0 aliphatic heterocycles. The van der Waals surface area contributed by atoms with E-state index in [1.54, 1.807) is 0 Å². The van der Waals surface area contributed by atoms with Gasteiger partial charge in [-0.25, -0.2) is 4.79 Å². The van der Waals surface area contributed by atoms with Gasteiger partial charge in [-0.15, -0.1) is 0 Å². The summed E-state index contributed by atoms with van der Waals surface area (Å²) in [6.45, 7) is 0.345. The van der Waals surface area contributed by atoms with Crippen LogP contribution in [0.5, 0.6) is 0 Å². The average molecular weight is 420 g/mol. The summed E-state index contributed by atoms with van der Waals surface area (Å²) in [7, 11) is 0. The molecule has 4 saturated carbocycles. The van der Waals surface area contributed by atoms with Crippen LogP contribution >= 0.6 is 15.9 Å². The largest absolute Gasteiger partial charge is 0.338 e. The maximum absolute atomic E-state index is 12.4. The van der Waals surface area contributed by atoms with Gasteiger partial charge in [0.2, 0.25) is 5.91 Å². The highest BCUT2D eigenvalue weighted by Crippen LogP contribution is 2.55. The Kier molecular flexibility index (Phi) is 4.95. The van der Waals surface area contributed by atoms with Crippen molar-refractivity contribution in [3.05, 3.63) is 28.7 Å². The third kappa shape index (κ3) is 4.05. The van der Waals surface area contributed by atoms with E-state index in [1.807, 2.05) is 24.3 Å². The van der Waals surface area contributed by atoms with Crippen LogP contribution in [0.4, 0.5) is 10.5 Å². The van der Waals surface area contributed by atoms with Crippen molar-refractivity contribution < 1.29 is 9.59 Å². The molecule has 5 rings (SSSR count). The highest BCUT2D eigenvalue weighted by Gasteiger charge is 2.51. The van der Waals surface area contributed by atoms with Crippen LogP contribution in [-0.2, 0) is 4.79 Å². The number of anilines is 1. The molecular formula is C20H26BrN3O2. The molecule has 0 aromatic heterocycles. The van der Waals surface area contributed by atoms with Gasteiger partial charge in [0.05, 0.1) is 0 Å². The van der Waals surface area contributed by atoms with Crippen LogP contribution in [0.25, 0.3) is 0 Å². The van der Waals surface area contributed by atoms with Crippen molar-refractivity contribution >= 4 is 33.6 Å². The summed E-state index contributed by atoms with van der Waals surface area (Å²) in [4.78, 5) is 24.4. The van der Waals surface area contributed by atoms with Gasteiger partial charge < -0.3 is 16.0 Å². The Hall–Kier alpha value is -1.56. The fourth-order valence-corrected chi connectivity index (χ4v) is 6.03. The van der Waals surface area contributed by atoms with Crippen molar-refractivity contribution in [3.63, 3.8) is 0 Å². The Labute approximate surface area is 162 Å². The zero-order valence-corrected chi connectivity index (χ0v) is 16.5. The Morgan fingerprint density at radius 2 is 1.73 bits per heavy atom. The smallest absolute Gasteiger partial charge is 0.315 e. The van der Waals surface area contributed by atoms with Crippen LogP contribution in [0.3, 0.4) is 0 Å². The van der Waals surface area contributed by atoms with Gasteiger partial charge in [0.15, 0.2) is 0 Å². The number of amides is 3. The second-order valence-electron chi connectivity index (χ2n) is 8.39. The molecular weight excluding hydrogens is 394 g/mol. The minimum absolute atomic E-state index is 0.0113. The van der Waals surface area contributed by atoms with Gasteiger partial charge >= 0.3 is 6.03 Å². The zero-order chi connectivity index (χ0) is 18.1. The molecule has 4 bridgehead atoms. The summed E-state index contributed by atoms with van der Waals surface area (Å²) in [6, 6.07) is 7.35. The third-order valence-electron chi connectivity index (χ3n) is 6.16. The first kappa shape index (κ1) is 17.8. The number of rotatable bonds is 5. The summed E-state index contributed by atoms with van der Waals surface area (Å²) in [5.74, 6) is 2.31. The van der Waals surface area contributed by atoms with E-state index in [4.69, 9.17) is 0 Å². The van der Waals surface area contributed by atoms with Crippen LogP contribution in [-0.4, -0.2) is 24.0 Å². The highest BCUT2D eigenvalue weighted by atomic mass is 79.9. The molecule has 1 aromatic rings. The van der Waals surface area contributed by atoms with Gasteiger partial charge in [0, 0.05) is 28.7 Å². The summed E-state index contributed by atoms with van der Waals surface area (Å²) in [6.07, 6.45) is 7.75. The molecule has 0 atom stereocenters. The molecule has 0 saturated heterocycles. The van der Waals surface area contributed by atoms with Gasteiger partial charge in [0.1, 0.15) is 0 Å². The van der Waals surface area contributed by atoms with Crippen molar-refractivity contribution in [1.82, 2.24) is 10.6 Å². The monoisotopic (exact) mass is 419 g/mol. The second-order valence-corrected chi connectivity index (χ2v) is 9.30. The van der Waals surface area contributed by atoms with E-state index in [0.717, 1.165) is 47.2 Å². The molecule has 1 aromatic carbocycles. The lowest BCUT2D eigenvalue weighted by molar-refractivity contribution is -0.116. The van der Waals surface area contributed by atoms with E-state index in [9.17, 15) is 9.59 Å². The van der Waals surface area contributed by atoms with E-state index in [1.165, 1.54) is 19.3 Å². The van der Waals surface area contributed by atoms with E-state index < -0.39 is 0 Å². The summed E-state index contributed by atoms with van der Waals surface area (Å²) in [5.41, 5.74) is 0.764. The quantitative estimate of drug-likeness (QED) is 0.673. The molecule has 6 heteroatoms. The first-order valence-electron chi connectivity index (χ1n) is 9.61. The van der Waals surface area contributed by atoms with Crippen molar-refractivity contribution in [1.29, 1.82) is 0 Å². The van der Waals surface area contributed by atoms with Gasteiger partial charge in [-0.05, 0) is 74.5 Å². The van der Waals surface area contributed by atoms with Crippen LogP contribution in [0.2, 0.25) is 0 Å². The third-order valence-corrected chi connectivity index (χ3v) is 6.66. The molecule has 26 heavy (non-hydrogen) atoms. The van der Waals surface area contributed by atoms with Crippen LogP contribution in [0, 0.1) is 17.8 Å². The number of carbonyl (C=O) groups is 2. The van der Waals surface area contributed by atoms with Crippen molar-refractivity contribution in [2.75, 3.05) is 11.9 Å². The first-order valence-corrected chi connectivity index (χ1v) is 10.4. The van der Waals surface area contributed by atoms with Gasteiger partial charge in [-0.3, -0.25) is 4.79 Å². The molecule has 0 spiro atoms. The maximum atomic E-state index is 12.4. The Morgan fingerprint density at radius 1 is 1.08 bits per heavy atom. The number of urea groups is 1. The topological polar surface area (TPSA) is 70.2 Å². The molecule has 5 nitrogen and oxygen atoms in total. The fraction of sp³-hybridized carbons (Fsp3) is 0.600. The van der Waals surface area contributed by atoms with Crippen LogP contribution < -0.4 is 16.0 Å². The van der Waals surface area contributed by atoms with Crippen molar-refractivity contribution in [3.8, 4) is 0 Å². The molecule has 0 unspecified atom stereocenters. The number of hydrogen-bond donors (Lipinski definition) is 3. The lowest BCUT2D eigenvalue weighted by Gasteiger charge is -2.56. The Morgan fingerprint density at radius 3 is 2.35 bits per heavy atom. The molecule has 0 radical (unpaired) electrons. The normalized spacial score (nSPS) is 31.5. The average Bonchev–Trinajstić information content (AvgIpc) is 2.52. The summed E-state index contributed by atoms with van der Waals surface area (Å²) < 4.78 is 0.920. The standard InChI is InChI=1S/C20H26BrN3O2/c21-16-2-1-3-17(9-16)23-18(25)4-5-22-19(26)24-20-10-13-6-14(11-20)8-15(7-13)12-20/h1-3,9,13-15H,4-8,10-12H2,(H,23,25)(H2,22,24,26). The predicted octanol–water partition coefficient (Wildman–Crippen LogP) is 4.05. The molecule has 0 heterocycles. The van der Waals surface area contributed by atoms with E-state index in [-0.39, 0.29) is 23.9 Å². The number of benzene rings is 1. The van der Waals surface area contributed by atoms with Crippen LogP contribution in [0.15, 0.2) is 28.7 Å². The molecule has 4 aliphatic carbocycles. The van der Waals surface area contributed by atoms with Crippen molar-refractivity contribution in [2.24, 2.45) is 17.8 Å². The molecule has 140 valence electrons.